The van der Waals surface area contributed by atoms with Crippen molar-refractivity contribution in [3.05, 3.63) is 18.0 Å². The summed E-state index contributed by atoms with van der Waals surface area (Å²) in [6.07, 6.45) is 7.00. The molecule has 1 aromatic rings. The number of ether oxygens (including phenoxy) is 1. The van der Waals surface area contributed by atoms with Crippen molar-refractivity contribution < 1.29 is 9.53 Å². The highest BCUT2D eigenvalue weighted by molar-refractivity contribution is 5.85. The van der Waals surface area contributed by atoms with E-state index in [2.05, 4.69) is 19.7 Å². The molecule has 18 heavy (non-hydrogen) atoms. The second kappa shape index (κ2) is 6.90. The minimum Gasteiger partial charge on any atom is -0.374 e. The molecule has 1 fully saturated rings. The summed E-state index contributed by atoms with van der Waals surface area (Å²) in [4.78, 5) is 22.7. The predicted octanol–water partition coefficient (Wildman–Crippen LogP) is 1.72. The van der Waals surface area contributed by atoms with Gasteiger partial charge in [0.25, 0.3) is 0 Å². The van der Waals surface area contributed by atoms with E-state index >= 15 is 0 Å². The van der Waals surface area contributed by atoms with Gasteiger partial charge in [-0.2, -0.15) is 4.98 Å². The van der Waals surface area contributed by atoms with Gasteiger partial charge in [0.1, 0.15) is 0 Å². The van der Waals surface area contributed by atoms with Crippen LogP contribution in [-0.4, -0.2) is 28.3 Å². The molecule has 6 nitrogen and oxygen atoms in total. The van der Waals surface area contributed by atoms with Crippen LogP contribution in [0, 0.1) is 0 Å². The average molecular weight is 271 g/mol. The molecule has 2 rings (SSSR count). The minimum atomic E-state index is -0.921. The maximum Gasteiger partial charge on any atom is 0.412 e. The Labute approximate surface area is 111 Å². The molecule has 1 aromatic heterocycles. The molecule has 0 unspecified atom stereocenters. The lowest BCUT2D eigenvalue weighted by molar-refractivity contribution is 0.207. The Morgan fingerprint density at radius 3 is 2.89 bits per heavy atom. The van der Waals surface area contributed by atoms with E-state index in [1.54, 1.807) is 12.3 Å². The van der Waals surface area contributed by atoms with Gasteiger partial charge in [-0.15, -0.1) is 12.4 Å². The number of carbonyl (C=O) groups excluding carboxylic acids is 1. The largest absolute Gasteiger partial charge is 0.412 e. The van der Waals surface area contributed by atoms with Crippen molar-refractivity contribution >= 4 is 24.7 Å². The lowest BCUT2D eigenvalue weighted by Gasteiger charge is -2.01. The quantitative estimate of drug-likeness (QED) is 0.847. The zero-order chi connectivity index (χ0) is 12.1. The number of nitrogens with two attached hydrogens (primary N) is 1. The number of hydrogen-bond donors (Lipinski definition) is 1. The molecular weight excluding hydrogens is 256 g/mol. The van der Waals surface area contributed by atoms with Crippen molar-refractivity contribution in [2.24, 2.45) is 10.7 Å². The highest BCUT2D eigenvalue weighted by atomic mass is 35.5. The van der Waals surface area contributed by atoms with Crippen LogP contribution in [0.5, 0.6) is 6.01 Å². The molecule has 0 atom stereocenters. The number of amides is 1. The van der Waals surface area contributed by atoms with Gasteiger partial charge in [-0.1, -0.05) is 12.8 Å². The summed E-state index contributed by atoms with van der Waals surface area (Å²) < 4.78 is 4.58. The summed E-state index contributed by atoms with van der Waals surface area (Å²) in [5, 5.41) is 0. The fraction of sp³-hybridized carbons (Fsp3) is 0.455. The zero-order valence-electron chi connectivity index (χ0n) is 9.78. The third kappa shape index (κ3) is 4.29. The van der Waals surface area contributed by atoms with Gasteiger partial charge in [0.2, 0.25) is 0 Å². The molecule has 0 bridgehead atoms. The van der Waals surface area contributed by atoms with E-state index in [9.17, 15) is 4.79 Å². The maximum atomic E-state index is 10.5. The molecule has 2 N–H and O–H groups in total. The van der Waals surface area contributed by atoms with Gasteiger partial charge in [0, 0.05) is 12.4 Å². The fourth-order valence-electron chi connectivity index (χ4n) is 1.80. The van der Waals surface area contributed by atoms with E-state index < -0.39 is 6.09 Å². The van der Waals surface area contributed by atoms with Crippen LogP contribution in [0.2, 0.25) is 0 Å². The Morgan fingerprint density at radius 2 is 2.22 bits per heavy atom. The van der Waals surface area contributed by atoms with E-state index in [-0.39, 0.29) is 18.4 Å². The van der Waals surface area contributed by atoms with Crippen molar-refractivity contribution in [2.45, 2.75) is 31.7 Å². The number of nitrogens with zero attached hydrogens (tertiary/aromatic N) is 3. The maximum absolute atomic E-state index is 10.5. The normalized spacial score (nSPS) is 15.6. The molecule has 7 heteroatoms. The number of aromatic nitrogens is 2. The summed E-state index contributed by atoms with van der Waals surface area (Å²) in [6.45, 7) is 0. The summed E-state index contributed by atoms with van der Waals surface area (Å²) in [5.41, 5.74) is 5.49. The van der Waals surface area contributed by atoms with Crippen LogP contribution in [0.15, 0.2) is 17.3 Å². The molecule has 98 valence electrons. The molecule has 0 saturated heterocycles. The molecule has 0 aliphatic heterocycles. The van der Waals surface area contributed by atoms with Gasteiger partial charge in [-0.05, 0) is 18.9 Å². The van der Waals surface area contributed by atoms with E-state index in [4.69, 9.17) is 5.73 Å². The second-order valence-corrected chi connectivity index (χ2v) is 3.90. The Kier molecular flexibility index (Phi) is 5.51. The molecule has 0 spiro atoms. The topological polar surface area (TPSA) is 90.5 Å². The van der Waals surface area contributed by atoms with Crippen LogP contribution in [0.25, 0.3) is 0 Å². The molecule has 1 saturated carbocycles. The molecule has 0 radical (unpaired) electrons. The molecule has 0 aromatic carbocycles. The van der Waals surface area contributed by atoms with Gasteiger partial charge in [-0.3, -0.25) is 4.99 Å². The van der Waals surface area contributed by atoms with Crippen molar-refractivity contribution in [1.29, 1.82) is 0 Å². The Bertz CT molecular complexity index is 433. The lowest BCUT2D eigenvalue weighted by Crippen LogP contribution is -2.18. The van der Waals surface area contributed by atoms with Crippen LogP contribution < -0.4 is 10.5 Å². The van der Waals surface area contributed by atoms with E-state index in [0.29, 0.717) is 11.7 Å². The second-order valence-electron chi connectivity index (χ2n) is 3.90. The molecule has 1 aliphatic rings. The average Bonchev–Trinajstić information content (AvgIpc) is 2.79. The van der Waals surface area contributed by atoms with Gasteiger partial charge >= 0.3 is 12.1 Å². The predicted molar refractivity (Wildman–Crippen MR) is 69.3 cm³/mol. The van der Waals surface area contributed by atoms with Gasteiger partial charge < -0.3 is 10.5 Å². The smallest absolute Gasteiger partial charge is 0.374 e. The monoisotopic (exact) mass is 270 g/mol. The van der Waals surface area contributed by atoms with E-state index in [1.807, 2.05) is 0 Å². The standard InChI is InChI=1S/C11H14N4O2.ClH/c12-10(16)17-11-13-6-5-9(15-11)7-14-8-3-1-2-4-8;/h5-8H,1-4H2,(H2,12,16);1H. The van der Waals surface area contributed by atoms with Gasteiger partial charge in [0.05, 0.1) is 11.7 Å². The Hall–Kier alpha value is -1.69. The first-order valence-electron chi connectivity index (χ1n) is 5.57. The lowest BCUT2D eigenvalue weighted by atomic mass is 10.3. The van der Waals surface area contributed by atoms with Crippen molar-refractivity contribution in [1.82, 2.24) is 9.97 Å². The van der Waals surface area contributed by atoms with E-state index in [0.717, 1.165) is 12.8 Å². The first-order valence-corrected chi connectivity index (χ1v) is 5.57. The third-order valence-corrected chi connectivity index (χ3v) is 2.59. The number of aliphatic imine (C=N–C) groups is 1. The first kappa shape index (κ1) is 14.4. The number of primary amides is 1. The van der Waals surface area contributed by atoms with Crippen molar-refractivity contribution in [3.63, 3.8) is 0 Å². The highest BCUT2D eigenvalue weighted by Crippen LogP contribution is 2.20. The van der Waals surface area contributed by atoms with Crippen LogP contribution >= 0.6 is 12.4 Å². The van der Waals surface area contributed by atoms with Gasteiger partial charge in [0.15, 0.2) is 0 Å². The van der Waals surface area contributed by atoms with Crippen LogP contribution in [-0.2, 0) is 0 Å². The van der Waals surface area contributed by atoms with Crippen LogP contribution in [0.3, 0.4) is 0 Å². The van der Waals surface area contributed by atoms with Crippen molar-refractivity contribution in [2.75, 3.05) is 0 Å². The highest BCUT2D eigenvalue weighted by Gasteiger charge is 2.12. The van der Waals surface area contributed by atoms with Crippen molar-refractivity contribution in [3.8, 4) is 6.01 Å². The number of halogens is 1. The number of hydrogen-bond acceptors (Lipinski definition) is 5. The minimum absolute atomic E-state index is 0. The summed E-state index contributed by atoms with van der Waals surface area (Å²) >= 11 is 0. The van der Waals surface area contributed by atoms with E-state index in [1.165, 1.54) is 19.0 Å². The zero-order valence-corrected chi connectivity index (χ0v) is 10.6. The van der Waals surface area contributed by atoms with Crippen LogP contribution in [0.4, 0.5) is 4.79 Å². The van der Waals surface area contributed by atoms with Gasteiger partial charge in [-0.25, -0.2) is 9.78 Å². The molecular formula is C11H15ClN4O2. The fourth-order valence-corrected chi connectivity index (χ4v) is 1.80. The third-order valence-electron chi connectivity index (χ3n) is 2.59. The Morgan fingerprint density at radius 1 is 1.50 bits per heavy atom. The molecule has 1 aliphatic carbocycles. The summed E-state index contributed by atoms with van der Waals surface area (Å²) in [6, 6.07) is 2.05. The first-order chi connectivity index (χ1) is 8.24. The molecule has 1 heterocycles. The number of rotatable bonds is 3. The number of carbonyl (C=O) groups is 1. The summed E-state index contributed by atoms with van der Waals surface area (Å²) in [5.74, 6) is 0. The SMILES string of the molecule is Cl.NC(=O)Oc1nccc(C=NC2CCCC2)n1. The van der Waals surface area contributed by atoms with Crippen LogP contribution in [0.1, 0.15) is 31.4 Å². The summed E-state index contributed by atoms with van der Waals surface area (Å²) in [7, 11) is 0. The molecule has 1 amide bonds. The Balaban J connectivity index is 0.00000162.